The highest BCUT2D eigenvalue weighted by molar-refractivity contribution is 5.05. The van der Waals surface area contributed by atoms with Crippen LogP contribution in [0.5, 0.6) is 0 Å². The van der Waals surface area contributed by atoms with Crippen LogP contribution in [0.1, 0.15) is 76.7 Å². The molecule has 0 aliphatic heterocycles. The summed E-state index contributed by atoms with van der Waals surface area (Å²) in [7, 11) is 0. The molecule has 0 saturated heterocycles. The molecule has 0 saturated carbocycles. The number of aromatic nitrogens is 1. The monoisotopic (exact) mass is 327 g/mol. The highest BCUT2D eigenvalue weighted by atomic mass is 35.5. The van der Waals surface area contributed by atoms with Gasteiger partial charge in [0.25, 0.3) is 0 Å². The molecule has 0 spiro atoms. The molecule has 128 valence electrons. The van der Waals surface area contributed by atoms with E-state index >= 15 is 0 Å². The van der Waals surface area contributed by atoms with E-state index in [1.807, 2.05) is 0 Å². The number of pyridine rings is 1. The Morgan fingerprint density at radius 1 is 0.909 bits per heavy atom. The molecule has 0 aromatic carbocycles. The maximum Gasteiger partial charge on any atom is 0.171 e. The number of hydrogen-bond donors (Lipinski definition) is 1. The predicted octanol–water partition coefficient (Wildman–Crippen LogP) is 1.43. The molecule has 1 aromatic heterocycles. The molecule has 0 atom stereocenters. The fourth-order valence-electron chi connectivity index (χ4n) is 2.71. The summed E-state index contributed by atoms with van der Waals surface area (Å²) in [5, 5.41) is 8.71. The summed E-state index contributed by atoms with van der Waals surface area (Å²) in [6.45, 7) is 3.76. The van der Waals surface area contributed by atoms with Crippen molar-refractivity contribution >= 4 is 0 Å². The molecule has 0 bridgehead atoms. The third-order valence-corrected chi connectivity index (χ3v) is 4.06. The molecule has 3 heteroatoms. The van der Waals surface area contributed by atoms with Gasteiger partial charge in [-0.05, 0) is 31.7 Å². The van der Waals surface area contributed by atoms with E-state index in [1.54, 1.807) is 0 Å². The van der Waals surface area contributed by atoms with Crippen molar-refractivity contribution in [3.8, 4) is 0 Å². The lowest BCUT2D eigenvalue weighted by Crippen LogP contribution is -3.00. The van der Waals surface area contributed by atoms with Crippen LogP contribution in [-0.4, -0.2) is 11.7 Å². The molecule has 0 aliphatic rings. The summed E-state index contributed by atoms with van der Waals surface area (Å²) in [4.78, 5) is 0. The number of rotatable bonds is 13. The van der Waals surface area contributed by atoms with E-state index in [4.69, 9.17) is 5.11 Å². The third-order valence-electron chi connectivity index (χ3n) is 4.06. The van der Waals surface area contributed by atoms with Crippen molar-refractivity contribution < 1.29 is 22.1 Å². The van der Waals surface area contributed by atoms with E-state index < -0.39 is 0 Å². The second-order valence-corrected chi connectivity index (χ2v) is 6.11. The minimum Gasteiger partial charge on any atom is -1.00 e. The quantitative estimate of drug-likeness (QED) is 0.430. The predicted molar refractivity (Wildman–Crippen MR) is 89.3 cm³/mol. The number of aliphatic hydroxyl groups excluding tert-OH is 1. The van der Waals surface area contributed by atoms with E-state index in [1.165, 1.54) is 69.8 Å². The largest absolute Gasteiger partial charge is 1.00 e. The highest BCUT2D eigenvalue weighted by Gasteiger charge is 2.02. The summed E-state index contributed by atoms with van der Waals surface area (Å²) in [5.74, 6) is 0. The zero-order chi connectivity index (χ0) is 15.2. The Labute approximate surface area is 143 Å². The Hall–Kier alpha value is -0.600. The molecule has 1 aromatic rings. The molecule has 1 heterocycles. The number of nitrogens with zero attached hydrogens (tertiary/aromatic N) is 1. The molecular weight excluding hydrogens is 294 g/mol. The molecule has 0 radical (unpaired) electrons. The normalized spacial score (nSPS) is 10.5. The van der Waals surface area contributed by atoms with Gasteiger partial charge >= 0.3 is 0 Å². The van der Waals surface area contributed by atoms with Crippen LogP contribution in [0.25, 0.3) is 0 Å². The Morgan fingerprint density at radius 3 is 2.18 bits per heavy atom. The fraction of sp³-hybridized carbons (Fsp3) is 0.737. The highest BCUT2D eigenvalue weighted by Crippen LogP contribution is 2.08. The van der Waals surface area contributed by atoms with E-state index in [2.05, 4.69) is 36.0 Å². The van der Waals surface area contributed by atoms with Gasteiger partial charge in [0.15, 0.2) is 12.4 Å². The van der Waals surface area contributed by atoms with Crippen LogP contribution in [0.3, 0.4) is 0 Å². The third kappa shape index (κ3) is 11.0. The van der Waals surface area contributed by atoms with Crippen molar-refractivity contribution in [2.75, 3.05) is 6.61 Å². The first kappa shape index (κ1) is 21.4. The number of aliphatic hydroxyl groups is 1. The maximum absolute atomic E-state index is 8.71. The summed E-state index contributed by atoms with van der Waals surface area (Å²) < 4.78 is 2.35. The van der Waals surface area contributed by atoms with Crippen LogP contribution in [0.15, 0.2) is 24.5 Å². The standard InChI is InChI=1S/C19H34NO.ClH/c1-2-3-13-19-14-12-16-20(18-19)15-10-8-6-4-5-7-9-11-17-21;/h12,14,16,18,21H,2-11,13,15,17H2,1H3;1H/q+1;/p-1. The first-order chi connectivity index (χ1) is 10.4. The maximum atomic E-state index is 8.71. The van der Waals surface area contributed by atoms with Gasteiger partial charge in [0.1, 0.15) is 6.54 Å². The van der Waals surface area contributed by atoms with Crippen LogP contribution in [-0.2, 0) is 13.0 Å². The van der Waals surface area contributed by atoms with E-state index in [0.717, 1.165) is 13.0 Å². The van der Waals surface area contributed by atoms with Crippen LogP contribution in [0.4, 0.5) is 0 Å². The fourth-order valence-corrected chi connectivity index (χ4v) is 2.71. The molecule has 0 fully saturated rings. The molecule has 22 heavy (non-hydrogen) atoms. The summed E-state index contributed by atoms with van der Waals surface area (Å²) in [6.07, 6.45) is 18.4. The number of halogens is 1. The zero-order valence-electron chi connectivity index (χ0n) is 14.3. The summed E-state index contributed by atoms with van der Waals surface area (Å²) >= 11 is 0. The average Bonchev–Trinajstić information content (AvgIpc) is 2.52. The van der Waals surface area contributed by atoms with Crippen LogP contribution in [0, 0.1) is 0 Å². The minimum absolute atomic E-state index is 0. The second kappa shape index (κ2) is 15.3. The molecule has 0 unspecified atom stereocenters. The lowest BCUT2D eigenvalue weighted by molar-refractivity contribution is -0.697. The number of aryl methyl sites for hydroxylation is 2. The van der Waals surface area contributed by atoms with Crippen LogP contribution in [0.2, 0.25) is 0 Å². The molecule has 0 amide bonds. The Balaban J connectivity index is 0.00000441. The lowest BCUT2D eigenvalue weighted by atomic mass is 10.1. The Morgan fingerprint density at radius 2 is 1.55 bits per heavy atom. The van der Waals surface area contributed by atoms with E-state index in [-0.39, 0.29) is 12.4 Å². The van der Waals surface area contributed by atoms with Crippen molar-refractivity contribution in [1.29, 1.82) is 0 Å². The van der Waals surface area contributed by atoms with Gasteiger partial charge in [0.05, 0.1) is 0 Å². The van der Waals surface area contributed by atoms with Crippen molar-refractivity contribution in [2.45, 2.75) is 84.1 Å². The first-order valence-corrected chi connectivity index (χ1v) is 8.95. The van der Waals surface area contributed by atoms with Gasteiger partial charge in [-0.25, -0.2) is 4.57 Å². The van der Waals surface area contributed by atoms with Gasteiger partial charge in [-0.1, -0.05) is 45.4 Å². The molecule has 1 rings (SSSR count). The molecule has 0 aliphatic carbocycles. The molecule has 2 nitrogen and oxygen atoms in total. The van der Waals surface area contributed by atoms with Gasteiger partial charge in [-0.15, -0.1) is 0 Å². The minimum atomic E-state index is 0. The van der Waals surface area contributed by atoms with Gasteiger partial charge in [0.2, 0.25) is 0 Å². The van der Waals surface area contributed by atoms with Crippen LogP contribution >= 0.6 is 0 Å². The molecule has 1 N–H and O–H groups in total. The van der Waals surface area contributed by atoms with Gasteiger partial charge < -0.3 is 17.5 Å². The van der Waals surface area contributed by atoms with Gasteiger partial charge in [0, 0.05) is 24.7 Å². The van der Waals surface area contributed by atoms with Crippen molar-refractivity contribution in [1.82, 2.24) is 0 Å². The van der Waals surface area contributed by atoms with Crippen molar-refractivity contribution in [3.63, 3.8) is 0 Å². The van der Waals surface area contributed by atoms with Crippen LogP contribution < -0.4 is 17.0 Å². The molecular formula is C19H34ClNO. The smallest absolute Gasteiger partial charge is 0.171 e. The van der Waals surface area contributed by atoms with Crippen molar-refractivity contribution in [3.05, 3.63) is 30.1 Å². The lowest BCUT2D eigenvalue weighted by Gasteiger charge is -2.02. The Bertz CT molecular complexity index is 357. The van der Waals surface area contributed by atoms with E-state index in [9.17, 15) is 0 Å². The number of unbranched alkanes of at least 4 members (excludes halogenated alkanes) is 8. The SMILES string of the molecule is CCCCc1ccc[n+](CCCCCCCCCCO)c1.[Cl-]. The summed E-state index contributed by atoms with van der Waals surface area (Å²) in [5.41, 5.74) is 1.48. The van der Waals surface area contributed by atoms with Gasteiger partial charge in [-0.3, -0.25) is 0 Å². The Kier molecular flexibility index (Phi) is 14.9. The average molecular weight is 328 g/mol. The first-order valence-electron chi connectivity index (χ1n) is 8.95. The van der Waals surface area contributed by atoms with Gasteiger partial charge in [-0.2, -0.15) is 0 Å². The van der Waals surface area contributed by atoms with E-state index in [0.29, 0.717) is 6.61 Å². The summed E-state index contributed by atoms with van der Waals surface area (Å²) in [6, 6.07) is 4.44. The van der Waals surface area contributed by atoms with Crippen molar-refractivity contribution in [2.24, 2.45) is 0 Å². The topological polar surface area (TPSA) is 24.1 Å². The number of hydrogen-bond acceptors (Lipinski definition) is 1. The zero-order valence-corrected chi connectivity index (χ0v) is 15.0. The second-order valence-electron chi connectivity index (χ2n) is 6.11.